The standard InChI is InChI=1S/C13H17NO5/c1-4-14(13(2,3)12(18)19)11(17)8-6-5-7-9(15)10(8)16/h5-7,15-16H,4H2,1-3H3,(H,18,19). The van der Waals surface area contributed by atoms with Gasteiger partial charge in [0.25, 0.3) is 5.91 Å². The largest absolute Gasteiger partial charge is 0.504 e. The maximum atomic E-state index is 12.3. The Kier molecular flexibility index (Phi) is 4.04. The molecule has 1 amide bonds. The van der Waals surface area contributed by atoms with Crippen molar-refractivity contribution in [3.63, 3.8) is 0 Å². The van der Waals surface area contributed by atoms with E-state index in [0.717, 1.165) is 4.90 Å². The number of nitrogens with zero attached hydrogens (tertiary/aromatic N) is 1. The third-order valence-corrected chi connectivity index (χ3v) is 3.00. The number of aliphatic carboxylic acids is 1. The topological polar surface area (TPSA) is 98.1 Å². The Hall–Kier alpha value is -2.24. The fourth-order valence-electron chi connectivity index (χ4n) is 1.76. The van der Waals surface area contributed by atoms with Crippen LogP contribution in [-0.4, -0.2) is 44.2 Å². The van der Waals surface area contributed by atoms with Gasteiger partial charge in [-0.3, -0.25) is 4.79 Å². The maximum absolute atomic E-state index is 12.3. The number of benzene rings is 1. The predicted octanol–water partition coefficient (Wildman–Crippen LogP) is 1.42. The second kappa shape index (κ2) is 5.17. The van der Waals surface area contributed by atoms with Crippen LogP contribution in [0.15, 0.2) is 18.2 Å². The van der Waals surface area contributed by atoms with Crippen molar-refractivity contribution in [2.24, 2.45) is 0 Å². The van der Waals surface area contributed by atoms with Crippen LogP contribution in [0.25, 0.3) is 0 Å². The Morgan fingerprint density at radius 1 is 1.26 bits per heavy atom. The molecule has 19 heavy (non-hydrogen) atoms. The highest BCUT2D eigenvalue weighted by Gasteiger charge is 2.38. The van der Waals surface area contributed by atoms with Gasteiger partial charge in [-0.15, -0.1) is 0 Å². The summed E-state index contributed by atoms with van der Waals surface area (Å²) in [5.74, 6) is -2.77. The van der Waals surface area contributed by atoms with E-state index in [2.05, 4.69) is 0 Å². The van der Waals surface area contributed by atoms with Crippen LogP contribution in [-0.2, 0) is 4.79 Å². The number of hydrogen-bond donors (Lipinski definition) is 3. The van der Waals surface area contributed by atoms with Gasteiger partial charge in [-0.2, -0.15) is 0 Å². The molecule has 1 aromatic carbocycles. The van der Waals surface area contributed by atoms with E-state index in [1.165, 1.54) is 32.0 Å². The summed E-state index contributed by atoms with van der Waals surface area (Å²) in [5, 5.41) is 28.2. The van der Waals surface area contributed by atoms with Gasteiger partial charge in [0.2, 0.25) is 0 Å². The summed E-state index contributed by atoms with van der Waals surface area (Å²) in [6.07, 6.45) is 0. The number of amides is 1. The summed E-state index contributed by atoms with van der Waals surface area (Å²) in [6.45, 7) is 4.60. The molecule has 104 valence electrons. The fraction of sp³-hybridized carbons (Fsp3) is 0.385. The molecule has 0 spiro atoms. The SMILES string of the molecule is CCN(C(=O)c1cccc(O)c1O)C(C)(C)C(=O)O. The van der Waals surface area contributed by atoms with E-state index in [9.17, 15) is 19.8 Å². The van der Waals surface area contributed by atoms with Crippen molar-refractivity contribution in [2.45, 2.75) is 26.3 Å². The molecule has 0 aliphatic carbocycles. The molecule has 0 fully saturated rings. The first kappa shape index (κ1) is 14.8. The molecule has 0 aliphatic rings. The summed E-state index contributed by atoms with van der Waals surface area (Å²) in [7, 11) is 0. The normalized spacial score (nSPS) is 11.1. The van der Waals surface area contributed by atoms with Crippen molar-refractivity contribution in [1.29, 1.82) is 0 Å². The molecule has 0 saturated heterocycles. The van der Waals surface area contributed by atoms with Gasteiger partial charge < -0.3 is 20.2 Å². The molecule has 0 radical (unpaired) electrons. The fourth-order valence-corrected chi connectivity index (χ4v) is 1.76. The van der Waals surface area contributed by atoms with Gasteiger partial charge in [-0.1, -0.05) is 6.07 Å². The molecule has 6 heteroatoms. The van der Waals surface area contributed by atoms with E-state index in [0.29, 0.717) is 0 Å². The smallest absolute Gasteiger partial charge is 0.329 e. The molecule has 0 bridgehead atoms. The van der Waals surface area contributed by atoms with Crippen molar-refractivity contribution >= 4 is 11.9 Å². The minimum Gasteiger partial charge on any atom is -0.504 e. The zero-order chi connectivity index (χ0) is 14.8. The monoisotopic (exact) mass is 267 g/mol. The van der Waals surface area contributed by atoms with Gasteiger partial charge in [0, 0.05) is 6.54 Å². The molecule has 0 heterocycles. The Balaban J connectivity index is 3.24. The zero-order valence-electron chi connectivity index (χ0n) is 11.0. The lowest BCUT2D eigenvalue weighted by Crippen LogP contribution is -2.52. The first-order chi connectivity index (χ1) is 8.73. The van der Waals surface area contributed by atoms with Gasteiger partial charge in [-0.25, -0.2) is 4.79 Å². The maximum Gasteiger partial charge on any atom is 0.329 e. The number of hydrogen-bond acceptors (Lipinski definition) is 4. The number of para-hydroxylation sites is 1. The lowest BCUT2D eigenvalue weighted by Gasteiger charge is -2.34. The minimum absolute atomic E-state index is 0.129. The summed E-state index contributed by atoms with van der Waals surface area (Å²) in [5.41, 5.74) is -1.54. The second-order valence-corrected chi connectivity index (χ2v) is 4.59. The summed E-state index contributed by atoms with van der Waals surface area (Å²) in [4.78, 5) is 24.6. The van der Waals surface area contributed by atoms with Crippen LogP contribution in [0.4, 0.5) is 0 Å². The highest BCUT2D eigenvalue weighted by Crippen LogP contribution is 2.30. The molecular formula is C13H17NO5. The van der Waals surface area contributed by atoms with E-state index in [1.54, 1.807) is 6.92 Å². The molecule has 0 aliphatic heterocycles. The molecule has 1 rings (SSSR count). The van der Waals surface area contributed by atoms with Gasteiger partial charge in [0.1, 0.15) is 5.54 Å². The number of carbonyl (C=O) groups is 2. The van der Waals surface area contributed by atoms with E-state index in [1.807, 2.05) is 0 Å². The number of carboxylic acids is 1. The quantitative estimate of drug-likeness (QED) is 0.717. The van der Waals surface area contributed by atoms with Crippen LogP contribution in [0, 0.1) is 0 Å². The molecule has 3 N–H and O–H groups in total. The van der Waals surface area contributed by atoms with Gasteiger partial charge in [0.15, 0.2) is 11.5 Å². The Labute approximate surface area is 110 Å². The average Bonchev–Trinajstić information content (AvgIpc) is 2.32. The van der Waals surface area contributed by atoms with E-state index in [4.69, 9.17) is 5.11 Å². The number of phenols is 2. The van der Waals surface area contributed by atoms with Crippen LogP contribution in [0.2, 0.25) is 0 Å². The lowest BCUT2D eigenvalue weighted by molar-refractivity contribution is -0.147. The van der Waals surface area contributed by atoms with Crippen LogP contribution < -0.4 is 0 Å². The number of carbonyl (C=O) groups excluding carboxylic acids is 1. The number of rotatable bonds is 4. The molecule has 0 aromatic heterocycles. The predicted molar refractivity (Wildman–Crippen MR) is 68.2 cm³/mol. The summed E-state index contributed by atoms with van der Waals surface area (Å²) in [6, 6.07) is 3.98. The van der Waals surface area contributed by atoms with Crippen LogP contribution in [0.3, 0.4) is 0 Å². The van der Waals surface area contributed by atoms with Crippen LogP contribution >= 0.6 is 0 Å². The van der Waals surface area contributed by atoms with Crippen molar-refractivity contribution in [3.8, 4) is 11.5 Å². The van der Waals surface area contributed by atoms with Crippen LogP contribution in [0.1, 0.15) is 31.1 Å². The number of aromatic hydroxyl groups is 2. The molecule has 1 aromatic rings. The van der Waals surface area contributed by atoms with Crippen molar-refractivity contribution in [1.82, 2.24) is 4.90 Å². The van der Waals surface area contributed by atoms with Gasteiger partial charge in [-0.05, 0) is 32.9 Å². The molecule has 0 saturated carbocycles. The van der Waals surface area contributed by atoms with Crippen molar-refractivity contribution < 1.29 is 24.9 Å². The minimum atomic E-state index is -1.41. The zero-order valence-corrected chi connectivity index (χ0v) is 11.0. The Morgan fingerprint density at radius 3 is 2.32 bits per heavy atom. The number of likely N-dealkylation sites (N-methyl/N-ethyl adjacent to an activating group) is 1. The van der Waals surface area contributed by atoms with E-state index in [-0.39, 0.29) is 12.1 Å². The molecule has 0 unspecified atom stereocenters. The Morgan fingerprint density at radius 2 is 1.84 bits per heavy atom. The Bertz CT molecular complexity index is 510. The van der Waals surface area contributed by atoms with Gasteiger partial charge >= 0.3 is 5.97 Å². The average molecular weight is 267 g/mol. The second-order valence-electron chi connectivity index (χ2n) is 4.59. The third-order valence-electron chi connectivity index (χ3n) is 3.00. The highest BCUT2D eigenvalue weighted by molar-refractivity contribution is 6.00. The first-order valence-corrected chi connectivity index (χ1v) is 5.79. The first-order valence-electron chi connectivity index (χ1n) is 5.79. The lowest BCUT2D eigenvalue weighted by atomic mass is 10.0. The molecular weight excluding hydrogens is 250 g/mol. The summed E-state index contributed by atoms with van der Waals surface area (Å²) < 4.78 is 0. The molecule has 6 nitrogen and oxygen atoms in total. The van der Waals surface area contributed by atoms with Crippen LogP contribution in [0.5, 0.6) is 11.5 Å². The third kappa shape index (κ3) is 2.62. The summed E-state index contributed by atoms with van der Waals surface area (Å²) >= 11 is 0. The van der Waals surface area contributed by atoms with Gasteiger partial charge in [0.05, 0.1) is 5.56 Å². The van der Waals surface area contributed by atoms with Crippen molar-refractivity contribution in [3.05, 3.63) is 23.8 Å². The van der Waals surface area contributed by atoms with E-state index >= 15 is 0 Å². The number of phenolic OH excluding ortho intramolecular Hbond substituents is 2. The van der Waals surface area contributed by atoms with Crippen molar-refractivity contribution in [2.75, 3.05) is 6.54 Å². The number of carboxylic acid groups (broad SMARTS) is 1. The highest BCUT2D eigenvalue weighted by atomic mass is 16.4. The molecule has 0 atom stereocenters. The van der Waals surface area contributed by atoms with E-state index < -0.39 is 28.9 Å².